The van der Waals surface area contributed by atoms with Gasteiger partial charge in [-0.2, -0.15) is 0 Å². The van der Waals surface area contributed by atoms with Crippen LogP contribution in [-0.4, -0.2) is 28.0 Å². The van der Waals surface area contributed by atoms with Gasteiger partial charge in [0.2, 0.25) is 0 Å². The number of aromatic nitrogens is 3. The number of rotatable bonds is 5. The highest BCUT2D eigenvalue weighted by Gasteiger charge is 2.25. The molecule has 0 saturated carbocycles. The van der Waals surface area contributed by atoms with Crippen molar-refractivity contribution in [1.82, 2.24) is 15.0 Å². The Kier molecular flexibility index (Phi) is 5.95. The quantitative estimate of drug-likeness (QED) is 0.553. The first kappa shape index (κ1) is 20.0. The second-order valence-electron chi connectivity index (χ2n) is 8.90. The Morgan fingerprint density at radius 3 is 2.55 bits per heavy atom. The molecule has 4 rings (SSSR count). The second kappa shape index (κ2) is 8.62. The lowest BCUT2D eigenvalue weighted by Gasteiger charge is -2.30. The van der Waals surface area contributed by atoms with Crippen LogP contribution in [0.15, 0.2) is 48.2 Å². The van der Waals surface area contributed by atoms with E-state index in [2.05, 4.69) is 54.2 Å². The highest BCUT2D eigenvalue weighted by molar-refractivity contribution is 7.09. The van der Waals surface area contributed by atoms with Gasteiger partial charge in [0.1, 0.15) is 10.8 Å². The Bertz CT molecular complexity index is 923. The lowest BCUT2D eigenvalue weighted by atomic mass is 9.91. The van der Waals surface area contributed by atoms with Gasteiger partial charge in [-0.1, -0.05) is 32.9 Å². The van der Waals surface area contributed by atoms with Crippen LogP contribution in [0.5, 0.6) is 0 Å². The molecular formula is C24H30N4S. The van der Waals surface area contributed by atoms with Crippen LogP contribution in [0.25, 0.3) is 0 Å². The summed E-state index contributed by atoms with van der Waals surface area (Å²) in [5, 5.41) is 3.38. The zero-order valence-corrected chi connectivity index (χ0v) is 18.5. The Balaban J connectivity index is 1.69. The third-order valence-corrected chi connectivity index (χ3v) is 6.58. The summed E-state index contributed by atoms with van der Waals surface area (Å²) in [4.78, 5) is 16.7. The number of anilines is 1. The molecule has 0 N–H and O–H groups in total. The van der Waals surface area contributed by atoms with E-state index in [9.17, 15) is 0 Å². The molecule has 1 unspecified atom stereocenters. The van der Waals surface area contributed by atoms with Crippen molar-refractivity contribution in [2.75, 3.05) is 18.0 Å². The smallest absolute Gasteiger partial charge is 0.131 e. The van der Waals surface area contributed by atoms with Crippen molar-refractivity contribution in [2.24, 2.45) is 0 Å². The van der Waals surface area contributed by atoms with E-state index in [-0.39, 0.29) is 11.3 Å². The maximum absolute atomic E-state index is 5.05. The number of pyridine rings is 2. The van der Waals surface area contributed by atoms with Crippen LogP contribution in [0, 0.1) is 0 Å². The molecule has 4 heterocycles. The van der Waals surface area contributed by atoms with Gasteiger partial charge in [0.15, 0.2) is 0 Å². The van der Waals surface area contributed by atoms with Gasteiger partial charge in [0.05, 0.1) is 5.69 Å². The third kappa shape index (κ3) is 4.67. The molecule has 29 heavy (non-hydrogen) atoms. The molecule has 1 fully saturated rings. The zero-order chi connectivity index (χ0) is 20.3. The number of hydrogen-bond donors (Lipinski definition) is 0. The van der Waals surface area contributed by atoms with Crippen molar-refractivity contribution in [3.63, 3.8) is 0 Å². The molecule has 0 bridgehead atoms. The number of hydrogen-bond acceptors (Lipinski definition) is 5. The first-order chi connectivity index (χ1) is 14.0. The number of piperidine rings is 1. The molecule has 1 atom stereocenters. The summed E-state index contributed by atoms with van der Waals surface area (Å²) in [6.45, 7) is 8.88. The molecule has 3 aromatic heterocycles. The van der Waals surface area contributed by atoms with E-state index in [1.807, 2.05) is 24.7 Å². The molecule has 3 aromatic rings. The van der Waals surface area contributed by atoms with Gasteiger partial charge in [-0.3, -0.25) is 4.98 Å². The van der Waals surface area contributed by atoms with Crippen LogP contribution in [0.4, 0.5) is 5.82 Å². The standard InChI is InChI=1S/C24H30N4S/c1-24(2,3)21-17-29-23(27-21)20(19-10-7-11-25-16-19)15-18-9-8-12-26-22(18)28-13-5-4-6-14-28/h7-12,16-17,20H,4-6,13-15H2,1-3H3. The van der Waals surface area contributed by atoms with Gasteiger partial charge >= 0.3 is 0 Å². The van der Waals surface area contributed by atoms with Gasteiger partial charge in [0.25, 0.3) is 0 Å². The second-order valence-corrected chi connectivity index (χ2v) is 9.79. The van der Waals surface area contributed by atoms with Crippen LogP contribution in [0.1, 0.15) is 67.8 Å². The summed E-state index contributed by atoms with van der Waals surface area (Å²) >= 11 is 1.77. The van der Waals surface area contributed by atoms with E-state index < -0.39 is 0 Å². The van der Waals surface area contributed by atoms with Gasteiger partial charge in [0, 0.05) is 48.4 Å². The fraction of sp³-hybridized carbons (Fsp3) is 0.458. The van der Waals surface area contributed by atoms with Crippen molar-refractivity contribution in [2.45, 2.75) is 57.8 Å². The van der Waals surface area contributed by atoms with E-state index in [1.165, 1.54) is 30.4 Å². The minimum Gasteiger partial charge on any atom is -0.356 e. The molecule has 1 aliphatic heterocycles. The van der Waals surface area contributed by atoms with Crippen molar-refractivity contribution < 1.29 is 0 Å². The molecule has 0 radical (unpaired) electrons. The predicted octanol–water partition coefficient (Wildman–Crippen LogP) is 5.60. The molecule has 152 valence electrons. The predicted molar refractivity (Wildman–Crippen MR) is 121 cm³/mol. The first-order valence-corrected chi connectivity index (χ1v) is 11.4. The molecule has 5 heteroatoms. The fourth-order valence-electron chi connectivity index (χ4n) is 3.92. The molecule has 4 nitrogen and oxygen atoms in total. The minimum atomic E-state index is 0.0570. The molecule has 1 saturated heterocycles. The lowest BCUT2D eigenvalue weighted by molar-refractivity contribution is 0.567. The van der Waals surface area contributed by atoms with Crippen molar-refractivity contribution >= 4 is 17.2 Å². The Morgan fingerprint density at radius 1 is 1.07 bits per heavy atom. The monoisotopic (exact) mass is 406 g/mol. The highest BCUT2D eigenvalue weighted by Crippen LogP contribution is 2.35. The summed E-state index contributed by atoms with van der Waals surface area (Å²) in [6.07, 6.45) is 10.5. The van der Waals surface area contributed by atoms with Crippen LogP contribution in [-0.2, 0) is 11.8 Å². The van der Waals surface area contributed by atoms with Gasteiger partial charge in [-0.15, -0.1) is 11.3 Å². The van der Waals surface area contributed by atoms with E-state index in [0.717, 1.165) is 36.0 Å². The summed E-state index contributed by atoms with van der Waals surface area (Å²) in [7, 11) is 0. The summed E-state index contributed by atoms with van der Waals surface area (Å²) < 4.78 is 0. The van der Waals surface area contributed by atoms with Crippen LogP contribution in [0.3, 0.4) is 0 Å². The van der Waals surface area contributed by atoms with Gasteiger partial charge < -0.3 is 4.90 Å². The number of nitrogens with zero attached hydrogens (tertiary/aromatic N) is 4. The van der Waals surface area contributed by atoms with E-state index in [1.54, 1.807) is 11.3 Å². The van der Waals surface area contributed by atoms with Crippen LogP contribution >= 0.6 is 11.3 Å². The van der Waals surface area contributed by atoms with Crippen molar-refractivity contribution in [3.8, 4) is 0 Å². The zero-order valence-electron chi connectivity index (χ0n) is 17.6. The average Bonchev–Trinajstić information content (AvgIpc) is 3.24. The molecule has 0 aliphatic carbocycles. The topological polar surface area (TPSA) is 41.9 Å². The highest BCUT2D eigenvalue weighted by atomic mass is 32.1. The van der Waals surface area contributed by atoms with E-state index in [4.69, 9.17) is 9.97 Å². The summed E-state index contributed by atoms with van der Waals surface area (Å²) in [5.74, 6) is 1.34. The van der Waals surface area contributed by atoms with Gasteiger partial charge in [-0.25, -0.2) is 9.97 Å². The van der Waals surface area contributed by atoms with Crippen LogP contribution < -0.4 is 4.90 Å². The maximum Gasteiger partial charge on any atom is 0.131 e. The lowest BCUT2D eigenvalue weighted by Crippen LogP contribution is -2.31. The largest absolute Gasteiger partial charge is 0.356 e. The van der Waals surface area contributed by atoms with Crippen molar-refractivity contribution in [3.05, 3.63) is 70.1 Å². The minimum absolute atomic E-state index is 0.0570. The van der Waals surface area contributed by atoms with E-state index >= 15 is 0 Å². The first-order valence-electron chi connectivity index (χ1n) is 10.6. The summed E-state index contributed by atoms with van der Waals surface area (Å²) in [5.41, 5.74) is 3.74. The fourth-order valence-corrected chi connectivity index (χ4v) is 5.10. The average molecular weight is 407 g/mol. The molecule has 0 aromatic carbocycles. The molecule has 0 amide bonds. The molecule has 0 spiro atoms. The third-order valence-electron chi connectivity index (χ3n) is 5.62. The Morgan fingerprint density at radius 2 is 1.86 bits per heavy atom. The van der Waals surface area contributed by atoms with Gasteiger partial charge in [-0.05, 0) is 48.9 Å². The summed E-state index contributed by atoms with van der Waals surface area (Å²) in [6, 6.07) is 8.49. The van der Waals surface area contributed by atoms with Crippen molar-refractivity contribution in [1.29, 1.82) is 0 Å². The maximum atomic E-state index is 5.05. The SMILES string of the molecule is CC(C)(C)c1csc(C(Cc2cccnc2N2CCCCC2)c2cccnc2)n1. The number of thiazole rings is 1. The molecular weight excluding hydrogens is 376 g/mol. The van der Waals surface area contributed by atoms with Crippen LogP contribution in [0.2, 0.25) is 0 Å². The Labute approximate surface area is 178 Å². The normalized spacial score (nSPS) is 16.0. The Hall–Kier alpha value is -2.27. The molecule has 1 aliphatic rings. The van der Waals surface area contributed by atoms with E-state index in [0.29, 0.717) is 0 Å².